The average molecular weight is 156 g/mol. The van der Waals surface area contributed by atoms with Crippen LogP contribution in [-0.2, 0) is 0 Å². The lowest BCUT2D eigenvalue weighted by Crippen LogP contribution is -2.63. The van der Waals surface area contributed by atoms with E-state index in [0.29, 0.717) is 6.04 Å². The Morgan fingerprint density at radius 1 is 1.55 bits per heavy atom. The second-order valence-corrected chi connectivity index (χ2v) is 4.05. The number of hydrogen-bond donors (Lipinski definition) is 2. The van der Waals surface area contributed by atoms with E-state index in [1.807, 2.05) is 6.92 Å². The highest BCUT2D eigenvalue weighted by atomic mass is 16.3. The zero-order valence-electron chi connectivity index (χ0n) is 7.01. The van der Waals surface area contributed by atoms with Gasteiger partial charge in [0.1, 0.15) is 0 Å². The lowest BCUT2D eigenvalue weighted by atomic mass is 9.94. The van der Waals surface area contributed by atoms with E-state index in [9.17, 15) is 5.11 Å². The fourth-order valence-corrected chi connectivity index (χ4v) is 2.04. The molecule has 2 aliphatic heterocycles. The van der Waals surface area contributed by atoms with Crippen molar-refractivity contribution in [3.8, 4) is 0 Å². The summed E-state index contributed by atoms with van der Waals surface area (Å²) in [5.41, 5.74) is -0.400. The molecule has 2 saturated heterocycles. The van der Waals surface area contributed by atoms with Gasteiger partial charge >= 0.3 is 0 Å². The quantitative estimate of drug-likeness (QED) is 0.533. The molecule has 0 radical (unpaired) electrons. The van der Waals surface area contributed by atoms with Crippen molar-refractivity contribution >= 4 is 0 Å². The number of β-amino-alcohol motifs (C(OH)–C–C–N with tert-alkyl or cyclic N) is 1. The van der Waals surface area contributed by atoms with Crippen molar-refractivity contribution in [2.45, 2.75) is 25.0 Å². The van der Waals surface area contributed by atoms with Gasteiger partial charge in [-0.2, -0.15) is 0 Å². The largest absolute Gasteiger partial charge is 0.388 e. The first-order valence-electron chi connectivity index (χ1n) is 4.34. The standard InChI is InChI=1S/C8H16N2O/c1-8(11)5-10(6-8)7-2-3-9-4-7/h7,9,11H,2-6H2,1H3. The van der Waals surface area contributed by atoms with Crippen LogP contribution in [0.15, 0.2) is 0 Å². The number of nitrogens with zero attached hydrogens (tertiary/aromatic N) is 1. The molecule has 0 amide bonds. The van der Waals surface area contributed by atoms with Crippen molar-refractivity contribution in [3.63, 3.8) is 0 Å². The summed E-state index contributed by atoms with van der Waals surface area (Å²) in [4.78, 5) is 2.36. The highest BCUT2D eigenvalue weighted by molar-refractivity contribution is 4.96. The van der Waals surface area contributed by atoms with Crippen LogP contribution in [0.4, 0.5) is 0 Å². The smallest absolute Gasteiger partial charge is 0.0872 e. The van der Waals surface area contributed by atoms with Gasteiger partial charge in [0.2, 0.25) is 0 Å². The van der Waals surface area contributed by atoms with Gasteiger partial charge in [0.15, 0.2) is 0 Å². The molecule has 0 aromatic heterocycles. The molecular weight excluding hydrogens is 140 g/mol. The predicted octanol–water partition coefficient (Wildman–Crippen LogP) is -0.585. The van der Waals surface area contributed by atoms with Gasteiger partial charge in [0.25, 0.3) is 0 Å². The van der Waals surface area contributed by atoms with Gasteiger partial charge in [-0.25, -0.2) is 0 Å². The lowest BCUT2D eigenvalue weighted by molar-refractivity contribution is -0.0986. The van der Waals surface area contributed by atoms with Gasteiger partial charge in [0, 0.05) is 25.7 Å². The van der Waals surface area contributed by atoms with Crippen LogP contribution in [0.5, 0.6) is 0 Å². The molecular formula is C8H16N2O. The molecule has 1 unspecified atom stereocenters. The van der Waals surface area contributed by atoms with Crippen LogP contribution in [0.3, 0.4) is 0 Å². The monoisotopic (exact) mass is 156 g/mol. The molecule has 0 spiro atoms. The number of nitrogens with one attached hydrogen (secondary N) is 1. The summed E-state index contributed by atoms with van der Waals surface area (Å²) >= 11 is 0. The molecule has 2 aliphatic rings. The maximum atomic E-state index is 9.48. The van der Waals surface area contributed by atoms with E-state index in [4.69, 9.17) is 0 Å². The summed E-state index contributed by atoms with van der Waals surface area (Å²) in [5.74, 6) is 0. The molecule has 3 nitrogen and oxygen atoms in total. The highest BCUT2D eigenvalue weighted by Gasteiger charge is 2.40. The van der Waals surface area contributed by atoms with Crippen LogP contribution < -0.4 is 5.32 Å². The Labute approximate surface area is 67.4 Å². The number of rotatable bonds is 1. The van der Waals surface area contributed by atoms with Crippen molar-refractivity contribution in [1.29, 1.82) is 0 Å². The summed E-state index contributed by atoms with van der Waals surface area (Å²) in [7, 11) is 0. The normalized spacial score (nSPS) is 37.1. The molecule has 3 heteroatoms. The van der Waals surface area contributed by atoms with E-state index in [1.54, 1.807) is 0 Å². The zero-order valence-corrected chi connectivity index (χ0v) is 7.01. The van der Waals surface area contributed by atoms with Crippen molar-refractivity contribution in [3.05, 3.63) is 0 Å². The lowest BCUT2D eigenvalue weighted by Gasteiger charge is -2.47. The van der Waals surface area contributed by atoms with Crippen molar-refractivity contribution in [2.24, 2.45) is 0 Å². The molecule has 0 saturated carbocycles. The fraction of sp³-hybridized carbons (Fsp3) is 1.00. The van der Waals surface area contributed by atoms with Crippen LogP contribution in [0.25, 0.3) is 0 Å². The third kappa shape index (κ3) is 1.41. The van der Waals surface area contributed by atoms with Crippen molar-refractivity contribution in [2.75, 3.05) is 26.2 Å². The molecule has 2 heterocycles. The maximum Gasteiger partial charge on any atom is 0.0872 e. The molecule has 2 N–H and O–H groups in total. The minimum absolute atomic E-state index is 0.400. The van der Waals surface area contributed by atoms with E-state index in [1.165, 1.54) is 6.42 Å². The molecule has 64 valence electrons. The van der Waals surface area contributed by atoms with Crippen LogP contribution >= 0.6 is 0 Å². The van der Waals surface area contributed by atoms with E-state index in [2.05, 4.69) is 10.2 Å². The van der Waals surface area contributed by atoms with Gasteiger partial charge in [-0.15, -0.1) is 0 Å². The van der Waals surface area contributed by atoms with Gasteiger partial charge in [-0.3, -0.25) is 4.90 Å². The average Bonchev–Trinajstić information content (AvgIpc) is 2.32. The third-order valence-electron chi connectivity index (χ3n) is 2.64. The van der Waals surface area contributed by atoms with Gasteiger partial charge in [-0.1, -0.05) is 0 Å². The van der Waals surface area contributed by atoms with Crippen LogP contribution in [0.1, 0.15) is 13.3 Å². The maximum absolute atomic E-state index is 9.48. The summed E-state index contributed by atoms with van der Waals surface area (Å²) in [6, 6.07) is 0.690. The number of aliphatic hydroxyl groups is 1. The second kappa shape index (κ2) is 2.44. The molecule has 0 aromatic carbocycles. The SMILES string of the molecule is CC1(O)CN(C2CCNC2)C1. The first kappa shape index (κ1) is 7.53. The summed E-state index contributed by atoms with van der Waals surface area (Å²) in [5, 5.41) is 12.8. The summed E-state index contributed by atoms with van der Waals surface area (Å²) in [6.07, 6.45) is 1.25. The topological polar surface area (TPSA) is 35.5 Å². The van der Waals surface area contributed by atoms with E-state index >= 15 is 0 Å². The Morgan fingerprint density at radius 3 is 2.73 bits per heavy atom. The molecule has 2 rings (SSSR count). The van der Waals surface area contributed by atoms with Crippen molar-refractivity contribution in [1.82, 2.24) is 10.2 Å². The summed E-state index contributed by atoms with van der Waals surface area (Å²) in [6.45, 7) is 5.88. The molecule has 1 atom stereocenters. The second-order valence-electron chi connectivity index (χ2n) is 4.05. The number of hydrogen-bond acceptors (Lipinski definition) is 3. The van der Waals surface area contributed by atoms with E-state index in [-0.39, 0.29) is 0 Å². The van der Waals surface area contributed by atoms with Gasteiger partial charge < -0.3 is 10.4 Å². The Morgan fingerprint density at radius 2 is 2.27 bits per heavy atom. The van der Waals surface area contributed by atoms with Gasteiger partial charge in [0.05, 0.1) is 5.60 Å². The minimum Gasteiger partial charge on any atom is -0.388 e. The van der Waals surface area contributed by atoms with E-state index in [0.717, 1.165) is 26.2 Å². The van der Waals surface area contributed by atoms with Crippen LogP contribution in [0, 0.1) is 0 Å². The minimum atomic E-state index is -0.400. The van der Waals surface area contributed by atoms with Gasteiger partial charge in [-0.05, 0) is 19.9 Å². The van der Waals surface area contributed by atoms with Crippen LogP contribution in [-0.4, -0.2) is 47.8 Å². The highest BCUT2D eigenvalue weighted by Crippen LogP contribution is 2.24. The Hall–Kier alpha value is -0.120. The molecule has 2 fully saturated rings. The Bertz CT molecular complexity index is 144. The molecule has 11 heavy (non-hydrogen) atoms. The van der Waals surface area contributed by atoms with E-state index < -0.39 is 5.60 Å². The fourth-order valence-electron chi connectivity index (χ4n) is 2.04. The first-order chi connectivity index (χ1) is 5.17. The summed E-state index contributed by atoms with van der Waals surface area (Å²) < 4.78 is 0. The molecule has 0 aromatic rings. The molecule has 0 aliphatic carbocycles. The number of likely N-dealkylation sites (tertiary alicyclic amines) is 1. The Balaban J connectivity index is 1.81. The Kier molecular flexibility index (Phi) is 1.67. The van der Waals surface area contributed by atoms with Crippen molar-refractivity contribution < 1.29 is 5.11 Å². The third-order valence-corrected chi connectivity index (χ3v) is 2.64. The molecule has 0 bridgehead atoms. The first-order valence-corrected chi connectivity index (χ1v) is 4.34. The predicted molar refractivity (Wildman–Crippen MR) is 43.5 cm³/mol. The van der Waals surface area contributed by atoms with Crippen LogP contribution in [0.2, 0.25) is 0 Å². The zero-order chi connectivity index (χ0) is 7.90.